The molecule has 1 aromatic heterocycles. The van der Waals surface area contributed by atoms with E-state index in [9.17, 15) is 48.9 Å². The molecule has 0 spiro atoms. The first-order valence-electron chi connectivity index (χ1n) is 9.47. The summed E-state index contributed by atoms with van der Waals surface area (Å²) >= 11 is 0. The summed E-state index contributed by atoms with van der Waals surface area (Å²) in [5.74, 6) is 0. The Kier molecular flexibility index (Phi) is 8.28. The molecule has 10 atom stereocenters. The molecular weight excluding hydrogens is 512 g/mol. The van der Waals surface area contributed by atoms with Crippen LogP contribution in [0.15, 0.2) is 21.9 Å². The number of phosphoric acid groups is 2. The van der Waals surface area contributed by atoms with E-state index < -0.39 is 82.6 Å². The molecule has 2 aliphatic rings. The van der Waals surface area contributed by atoms with Crippen molar-refractivity contribution in [3.8, 4) is 0 Å². The smallest absolute Gasteiger partial charge is 0.388 e. The molecule has 0 saturated carbocycles. The fourth-order valence-corrected chi connectivity index (χ4v) is 5.28. The van der Waals surface area contributed by atoms with E-state index in [0.29, 0.717) is 0 Å². The molecule has 3 heterocycles. The van der Waals surface area contributed by atoms with E-state index in [4.69, 9.17) is 15.2 Å². The van der Waals surface area contributed by atoms with Crippen molar-refractivity contribution in [3.63, 3.8) is 0 Å². The van der Waals surface area contributed by atoms with Crippen molar-refractivity contribution in [1.29, 1.82) is 0 Å². The zero-order valence-electron chi connectivity index (χ0n) is 17.0. The predicted molar refractivity (Wildman–Crippen MR) is 105 cm³/mol. The summed E-state index contributed by atoms with van der Waals surface area (Å²) in [6.45, 7) is -1.36. The van der Waals surface area contributed by atoms with Gasteiger partial charge in [-0.15, -0.1) is 0 Å². The third kappa shape index (κ3) is 6.26. The molecule has 34 heavy (non-hydrogen) atoms. The van der Waals surface area contributed by atoms with Crippen molar-refractivity contribution in [2.75, 3.05) is 13.2 Å². The average molecular weight is 535 g/mol. The van der Waals surface area contributed by atoms with Crippen LogP contribution in [0.2, 0.25) is 0 Å². The van der Waals surface area contributed by atoms with E-state index in [2.05, 4.69) is 13.4 Å². The Balaban J connectivity index is 1.59. The molecule has 0 amide bonds. The Morgan fingerprint density at radius 1 is 1.09 bits per heavy atom. The van der Waals surface area contributed by atoms with Crippen LogP contribution in [0.5, 0.6) is 0 Å². The van der Waals surface area contributed by atoms with Gasteiger partial charge in [0, 0.05) is 12.3 Å². The minimum absolute atomic E-state index is 0.380. The first kappa shape index (κ1) is 27.3. The number of aromatic amines is 1. The molecule has 0 radical (unpaired) electrons. The number of nitrogens with two attached hydrogens (primary N) is 1. The Morgan fingerprint density at radius 2 is 1.76 bits per heavy atom. The van der Waals surface area contributed by atoms with E-state index in [-0.39, 0.29) is 6.61 Å². The maximum Gasteiger partial charge on any atom is 0.483 e. The Bertz CT molecular complexity index is 1080. The van der Waals surface area contributed by atoms with Gasteiger partial charge in [0.1, 0.15) is 30.5 Å². The van der Waals surface area contributed by atoms with Crippen LogP contribution in [0.1, 0.15) is 6.23 Å². The molecule has 3 rings (SSSR count). The largest absolute Gasteiger partial charge is 0.483 e. The number of rotatable bonds is 8. The molecule has 194 valence electrons. The number of aromatic nitrogens is 2. The van der Waals surface area contributed by atoms with Crippen molar-refractivity contribution in [1.82, 2.24) is 9.55 Å². The van der Waals surface area contributed by atoms with E-state index >= 15 is 0 Å². The SMILES string of the molecule is N[C@H]1CO[C@@H](OP(=O)(O)OP(=O)(O)OC[C@H]2O[C@@H](n3ccc(=O)[nH]c3=O)[C@H](O)[C@@H]2O)[C@H](O)[C@H]1O. The van der Waals surface area contributed by atoms with E-state index in [1.165, 1.54) is 0 Å². The van der Waals surface area contributed by atoms with E-state index in [0.717, 1.165) is 16.8 Å². The van der Waals surface area contributed by atoms with Crippen LogP contribution in [0.4, 0.5) is 0 Å². The van der Waals surface area contributed by atoms with Gasteiger partial charge in [0.2, 0.25) is 0 Å². The van der Waals surface area contributed by atoms with Crippen LogP contribution < -0.4 is 17.0 Å². The summed E-state index contributed by atoms with van der Waals surface area (Å²) in [5.41, 5.74) is 3.73. The number of nitrogens with zero attached hydrogens (tertiary/aromatic N) is 1. The van der Waals surface area contributed by atoms with E-state index in [1.54, 1.807) is 0 Å². The Morgan fingerprint density at radius 3 is 2.41 bits per heavy atom. The van der Waals surface area contributed by atoms with Crippen molar-refractivity contribution in [3.05, 3.63) is 33.1 Å². The van der Waals surface area contributed by atoms with E-state index in [1.807, 2.05) is 4.98 Å². The van der Waals surface area contributed by atoms with Gasteiger partial charge in [-0.3, -0.25) is 23.4 Å². The molecule has 2 aliphatic heterocycles. The lowest BCUT2D eigenvalue weighted by Gasteiger charge is -2.35. The lowest BCUT2D eigenvalue weighted by Crippen LogP contribution is -2.56. The Hall–Kier alpha value is -1.34. The number of hydrogen-bond donors (Lipinski definition) is 8. The van der Waals surface area contributed by atoms with Gasteiger partial charge in [-0.25, -0.2) is 13.9 Å². The monoisotopic (exact) mass is 535 g/mol. The number of aliphatic hydroxyl groups excluding tert-OH is 4. The maximum atomic E-state index is 12.1. The Labute approximate surface area is 189 Å². The molecule has 2 fully saturated rings. The summed E-state index contributed by atoms with van der Waals surface area (Å²) in [6, 6.07) is -0.0767. The minimum atomic E-state index is -5.43. The maximum absolute atomic E-state index is 12.1. The van der Waals surface area contributed by atoms with Crippen LogP contribution in [0.25, 0.3) is 0 Å². The van der Waals surface area contributed by atoms with Crippen molar-refractivity contribution in [2.24, 2.45) is 5.73 Å². The molecule has 18 nitrogen and oxygen atoms in total. The molecule has 20 heteroatoms. The van der Waals surface area contributed by atoms with Gasteiger partial charge in [0.05, 0.1) is 19.3 Å². The summed E-state index contributed by atoms with van der Waals surface area (Å²) in [5, 5.41) is 39.7. The number of aliphatic hydroxyl groups is 4. The fourth-order valence-electron chi connectivity index (χ4n) is 3.11. The number of phosphoric ester groups is 2. The predicted octanol–water partition coefficient (Wildman–Crippen LogP) is -4.19. The molecule has 1 aromatic rings. The molecule has 0 bridgehead atoms. The third-order valence-corrected chi connectivity index (χ3v) is 7.43. The minimum Gasteiger partial charge on any atom is -0.388 e. The lowest BCUT2D eigenvalue weighted by atomic mass is 10.0. The van der Waals surface area contributed by atoms with Crippen LogP contribution in [-0.4, -0.2) is 95.8 Å². The molecule has 0 aromatic carbocycles. The molecule has 2 unspecified atom stereocenters. The fraction of sp³-hybridized carbons (Fsp3) is 0.714. The zero-order valence-corrected chi connectivity index (χ0v) is 18.8. The zero-order chi connectivity index (χ0) is 25.4. The van der Waals surface area contributed by atoms with Crippen molar-refractivity contribution in [2.45, 2.75) is 49.1 Å². The number of nitrogens with one attached hydrogen (secondary N) is 1. The molecule has 0 aliphatic carbocycles. The molecule has 9 N–H and O–H groups in total. The van der Waals surface area contributed by atoms with Gasteiger partial charge >= 0.3 is 21.3 Å². The van der Waals surface area contributed by atoms with Gasteiger partial charge in [0.15, 0.2) is 12.5 Å². The van der Waals surface area contributed by atoms with Crippen LogP contribution in [0, 0.1) is 0 Å². The topological polar surface area (TPSA) is 283 Å². The van der Waals surface area contributed by atoms with Gasteiger partial charge in [-0.05, 0) is 0 Å². The summed E-state index contributed by atoms with van der Waals surface area (Å²) in [4.78, 5) is 44.4. The normalized spacial score (nSPS) is 37.7. The number of ether oxygens (including phenoxy) is 2. The standard InChI is InChI=1S/C14H23N3O15P2/c15-5-3-28-13(11(22)8(5)19)31-34(26,27)32-33(24,25)29-4-6-9(20)10(21)12(30-6)17-2-1-7(18)16-14(17)23/h1-2,5-6,8-13,19-22H,3-4,15H2,(H,24,25)(H,26,27)(H,16,18,23)/t5-,6+,8-,9+,10+,11+,12+,13-/m0/s1. The first-order chi connectivity index (χ1) is 15.7. The average Bonchev–Trinajstić information content (AvgIpc) is 3.00. The van der Waals surface area contributed by atoms with Crippen molar-refractivity contribution < 1.29 is 62.2 Å². The van der Waals surface area contributed by atoms with Gasteiger partial charge < -0.3 is 45.4 Å². The summed E-state index contributed by atoms with van der Waals surface area (Å²) < 4.78 is 48.0. The third-order valence-electron chi connectivity index (χ3n) is 4.83. The lowest BCUT2D eigenvalue weighted by molar-refractivity contribution is -0.218. The molecular formula is C14H23N3O15P2. The van der Waals surface area contributed by atoms with Gasteiger partial charge in [0.25, 0.3) is 5.56 Å². The first-order valence-corrected chi connectivity index (χ1v) is 12.5. The second-order valence-electron chi connectivity index (χ2n) is 7.33. The van der Waals surface area contributed by atoms with Crippen LogP contribution >= 0.6 is 15.6 Å². The molecule has 2 saturated heterocycles. The highest BCUT2D eigenvalue weighted by molar-refractivity contribution is 7.61. The van der Waals surface area contributed by atoms with Crippen molar-refractivity contribution >= 4 is 15.6 Å². The van der Waals surface area contributed by atoms with Crippen LogP contribution in [-0.2, 0) is 32.0 Å². The highest BCUT2D eigenvalue weighted by Crippen LogP contribution is 2.61. The second kappa shape index (κ2) is 10.3. The summed E-state index contributed by atoms with van der Waals surface area (Å²) in [6.07, 6.45) is -10.9. The number of H-pyrrole nitrogens is 1. The quantitative estimate of drug-likeness (QED) is 0.146. The van der Waals surface area contributed by atoms with Crippen LogP contribution in [0.3, 0.4) is 0 Å². The highest BCUT2D eigenvalue weighted by Gasteiger charge is 2.47. The second-order valence-corrected chi connectivity index (χ2v) is 10.3. The highest BCUT2D eigenvalue weighted by atomic mass is 31.3. The number of hydrogen-bond acceptors (Lipinski definition) is 14. The summed E-state index contributed by atoms with van der Waals surface area (Å²) in [7, 11) is -10.8. The van der Waals surface area contributed by atoms with Gasteiger partial charge in [-0.2, -0.15) is 4.31 Å². The van der Waals surface area contributed by atoms with Gasteiger partial charge in [-0.1, -0.05) is 0 Å².